The molecule has 0 heterocycles. The summed E-state index contributed by atoms with van der Waals surface area (Å²) in [6.07, 6.45) is 0. The van der Waals surface area contributed by atoms with Gasteiger partial charge < -0.3 is 4.90 Å². The maximum absolute atomic E-state index is 2.25. The first-order chi connectivity index (χ1) is 9.45. The smallest absolute Gasteiger partial charge is 0.0461 e. The molecule has 100 valence electrons. The van der Waals surface area contributed by atoms with Crippen LogP contribution in [0.5, 0.6) is 0 Å². The Balaban J connectivity index is 0.00000147. The normalized spacial score (nSPS) is 9.60. The standard InChI is InChI=1S/C18H15N.CH4/c1-4-10-16(11-5-1)19(17-12-6-2-7-13-17)18-14-8-3-9-15-18;/h1-15H;1H4. The van der Waals surface area contributed by atoms with Crippen LogP contribution in [-0.4, -0.2) is 0 Å². The van der Waals surface area contributed by atoms with Crippen LogP contribution < -0.4 is 4.90 Å². The van der Waals surface area contributed by atoms with E-state index in [1.807, 2.05) is 18.2 Å². The molecule has 0 radical (unpaired) electrons. The van der Waals surface area contributed by atoms with Crippen molar-refractivity contribution in [2.75, 3.05) is 4.90 Å². The Kier molecular flexibility index (Phi) is 4.56. The molecular formula is C19H19N. The average Bonchev–Trinajstić information content (AvgIpc) is 2.51. The van der Waals surface area contributed by atoms with Crippen molar-refractivity contribution in [2.24, 2.45) is 0 Å². The number of hydrogen-bond donors (Lipinski definition) is 0. The van der Waals surface area contributed by atoms with Gasteiger partial charge in [0.2, 0.25) is 0 Å². The summed E-state index contributed by atoms with van der Waals surface area (Å²) in [7, 11) is 0. The van der Waals surface area contributed by atoms with Gasteiger partial charge in [0.15, 0.2) is 0 Å². The van der Waals surface area contributed by atoms with Crippen molar-refractivity contribution in [3.63, 3.8) is 0 Å². The average molecular weight is 261 g/mol. The van der Waals surface area contributed by atoms with Gasteiger partial charge in [-0.05, 0) is 36.4 Å². The van der Waals surface area contributed by atoms with Crippen LogP contribution in [0.2, 0.25) is 0 Å². The second-order valence-corrected chi connectivity index (χ2v) is 4.34. The summed E-state index contributed by atoms with van der Waals surface area (Å²) in [5.41, 5.74) is 3.50. The first kappa shape index (κ1) is 13.9. The Morgan fingerprint density at radius 2 is 0.650 bits per heavy atom. The monoisotopic (exact) mass is 261 g/mol. The van der Waals surface area contributed by atoms with E-state index in [1.165, 1.54) is 17.1 Å². The Labute approximate surface area is 121 Å². The van der Waals surface area contributed by atoms with E-state index >= 15 is 0 Å². The van der Waals surface area contributed by atoms with E-state index in [0.29, 0.717) is 0 Å². The minimum absolute atomic E-state index is 0. The molecular weight excluding hydrogens is 242 g/mol. The van der Waals surface area contributed by atoms with E-state index in [9.17, 15) is 0 Å². The molecule has 0 saturated heterocycles. The molecule has 0 saturated carbocycles. The number of benzene rings is 3. The van der Waals surface area contributed by atoms with Gasteiger partial charge in [-0.25, -0.2) is 0 Å². The van der Waals surface area contributed by atoms with Crippen molar-refractivity contribution in [2.45, 2.75) is 7.43 Å². The number of rotatable bonds is 3. The molecule has 0 N–H and O–H groups in total. The maximum atomic E-state index is 2.25. The highest BCUT2D eigenvalue weighted by Gasteiger charge is 2.10. The van der Waals surface area contributed by atoms with E-state index in [1.54, 1.807) is 0 Å². The zero-order chi connectivity index (χ0) is 12.9. The maximum Gasteiger partial charge on any atom is 0.0461 e. The Morgan fingerprint density at radius 3 is 0.900 bits per heavy atom. The Bertz CT molecular complexity index is 524. The molecule has 3 aromatic rings. The first-order valence-corrected chi connectivity index (χ1v) is 6.40. The summed E-state index contributed by atoms with van der Waals surface area (Å²) < 4.78 is 0. The van der Waals surface area contributed by atoms with Crippen LogP contribution in [0.25, 0.3) is 0 Å². The van der Waals surface area contributed by atoms with Crippen molar-refractivity contribution >= 4 is 17.1 Å². The van der Waals surface area contributed by atoms with Crippen molar-refractivity contribution in [3.05, 3.63) is 91.0 Å². The second-order valence-electron chi connectivity index (χ2n) is 4.34. The second kappa shape index (κ2) is 6.58. The summed E-state index contributed by atoms with van der Waals surface area (Å²) in [4.78, 5) is 2.25. The fourth-order valence-electron chi connectivity index (χ4n) is 2.18. The molecule has 1 heteroatoms. The fourth-order valence-corrected chi connectivity index (χ4v) is 2.18. The molecule has 3 aromatic carbocycles. The zero-order valence-corrected chi connectivity index (χ0v) is 10.6. The van der Waals surface area contributed by atoms with Gasteiger partial charge in [0.25, 0.3) is 0 Å². The molecule has 0 aliphatic carbocycles. The Morgan fingerprint density at radius 1 is 0.400 bits per heavy atom. The van der Waals surface area contributed by atoms with Crippen LogP contribution in [0, 0.1) is 0 Å². The molecule has 0 fully saturated rings. The van der Waals surface area contributed by atoms with Gasteiger partial charge in [-0.1, -0.05) is 62.0 Å². The number of anilines is 3. The zero-order valence-electron chi connectivity index (χ0n) is 10.6. The lowest BCUT2D eigenvalue weighted by Crippen LogP contribution is -2.09. The largest absolute Gasteiger partial charge is 0.311 e. The molecule has 20 heavy (non-hydrogen) atoms. The van der Waals surface area contributed by atoms with Crippen LogP contribution in [0.15, 0.2) is 91.0 Å². The van der Waals surface area contributed by atoms with Gasteiger partial charge in [-0.3, -0.25) is 0 Å². The summed E-state index contributed by atoms with van der Waals surface area (Å²) in [6.45, 7) is 0. The van der Waals surface area contributed by atoms with Crippen LogP contribution in [0.1, 0.15) is 7.43 Å². The van der Waals surface area contributed by atoms with E-state index < -0.39 is 0 Å². The van der Waals surface area contributed by atoms with Crippen LogP contribution in [0.3, 0.4) is 0 Å². The highest BCUT2D eigenvalue weighted by molar-refractivity contribution is 5.76. The molecule has 3 rings (SSSR count). The van der Waals surface area contributed by atoms with Gasteiger partial charge in [0.05, 0.1) is 0 Å². The van der Waals surface area contributed by atoms with Gasteiger partial charge >= 0.3 is 0 Å². The highest BCUT2D eigenvalue weighted by atomic mass is 15.1. The van der Waals surface area contributed by atoms with Gasteiger partial charge in [0.1, 0.15) is 0 Å². The van der Waals surface area contributed by atoms with Crippen molar-refractivity contribution < 1.29 is 0 Å². The third-order valence-corrected chi connectivity index (χ3v) is 3.04. The summed E-state index contributed by atoms with van der Waals surface area (Å²) in [5, 5.41) is 0. The summed E-state index contributed by atoms with van der Waals surface area (Å²) in [5.74, 6) is 0. The third-order valence-electron chi connectivity index (χ3n) is 3.04. The van der Waals surface area contributed by atoms with Crippen LogP contribution in [0.4, 0.5) is 17.1 Å². The molecule has 0 amide bonds. The SMILES string of the molecule is C.c1ccc(N(c2ccccc2)c2ccccc2)cc1. The quantitative estimate of drug-likeness (QED) is 0.576. The van der Waals surface area contributed by atoms with Gasteiger partial charge in [-0.15, -0.1) is 0 Å². The predicted molar refractivity (Wildman–Crippen MR) is 87.9 cm³/mol. The fraction of sp³-hybridized carbons (Fsp3) is 0.0526. The van der Waals surface area contributed by atoms with Crippen molar-refractivity contribution in [1.82, 2.24) is 0 Å². The minimum atomic E-state index is 0. The molecule has 0 bridgehead atoms. The molecule has 0 unspecified atom stereocenters. The van der Waals surface area contributed by atoms with Gasteiger partial charge in [-0.2, -0.15) is 0 Å². The molecule has 0 aliphatic rings. The molecule has 0 spiro atoms. The Hall–Kier alpha value is -2.54. The minimum Gasteiger partial charge on any atom is -0.311 e. The summed E-state index contributed by atoms with van der Waals surface area (Å²) in [6, 6.07) is 31.3. The number of para-hydroxylation sites is 3. The summed E-state index contributed by atoms with van der Waals surface area (Å²) >= 11 is 0. The molecule has 0 aromatic heterocycles. The van der Waals surface area contributed by atoms with E-state index in [4.69, 9.17) is 0 Å². The van der Waals surface area contributed by atoms with Crippen molar-refractivity contribution in [1.29, 1.82) is 0 Å². The van der Waals surface area contributed by atoms with E-state index in [2.05, 4.69) is 77.7 Å². The highest BCUT2D eigenvalue weighted by Crippen LogP contribution is 2.33. The lowest BCUT2D eigenvalue weighted by molar-refractivity contribution is 1.28. The molecule has 0 aliphatic heterocycles. The first-order valence-electron chi connectivity index (χ1n) is 6.40. The predicted octanol–water partition coefficient (Wildman–Crippen LogP) is 5.79. The van der Waals surface area contributed by atoms with Crippen LogP contribution in [-0.2, 0) is 0 Å². The van der Waals surface area contributed by atoms with Crippen LogP contribution >= 0.6 is 0 Å². The van der Waals surface area contributed by atoms with E-state index in [-0.39, 0.29) is 7.43 Å². The lowest BCUT2D eigenvalue weighted by atomic mass is 10.2. The number of nitrogens with zero attached hydrogens (tertiary/aromatic N) is 1. The van der Waals surface area contributed by atoms with Crippen molar-refractivity contribution in [3.8, 4) is 0 Å². The van der Waals surface area contributed by atoms with Gasteiger partial charge in [0, 0.05) is 17.1 Å². The number of hydrogen-bond acceptors (Lipinski definition) is 1. The lowest BCUT2D eigenvalue weighted by Gasteiger charge is -2.25. The molecule has 1 nitrogen and oxygen atoms in total. The third kappa shape index (κ3) is 2.89. The topological polar surface area (TPSA) is 3.24 Å². The van der Waals surface area contributed by atoms with E-state index in [0.717, 1.165) is 0 Å². The molecule has 0 atom stereocenters.